The van der Waals surface area contributed by atoms with E-state index in [9.17, 15) is 5.11 Å². The summed E-state index contributed by atoms with van der Waals surface area (Å²) in [4.78, 5) is 9.27. The van der Waals surface area contributed by atoms with Crippen LogP contribution in [-0.2, 0) is 6.54 Å². The Bertz CT molecular complexity index is 371. The molecule has 0 saturated carbocycles. The highest BCUT2D eigenvalue weighted by Crippen LogP contribution is 2.16. The monoisotopic (exact) mass is 263 g/mol. The van der Waals surface area contributed by atoms with Gasteiger partial charge in [-0.05, 0) is 31.5 Å². The van der Waals surface area contributed by atoms with Gasteiger partial charge in [0, 0.05) is 45.0 Å². The fourth-order valence-corrected chi connectivity index (χ4v) is 2.96. The van der Waals surface area contributed by atoms with Crippen molar-refractivity contribution in [3.63, 3.8) is 0 Å². The molecule has 4 nitrogen and oxygen atoms in total. The number of aliphatic hydroxyl groups is 1. The fraction of sp³-hybridized carbons (Fsp3) is 0.667. The minimum absolute atomic E-state index is 0.265. The van der Waals surface area contributed by atoms with Gasteiger partial charge in [0.2, 0.25) is 0 Å². The van der Waals surface area contributed by atoms with Gasteiger partial charge in [-0.15, -0.1) is 0 Å². The Labute approximate surface area is 116 Å². The molecule has 1 saturated heterocycles. The summed E-state index contributed by atoms with van der Waals surface area (Å²) in [5.74, 6) is 0.650. The maximum Gasteiger partial charge on any atom is 0.0543 e. The van der Waals surface area contributed by atoms with Crippen LogP contribution in [0.5, 0.6) is 0 Å². The first-order chi connectivity index (χ1) is 9.19. The average molecular weight is 263 g/mol. The topological polar surface area (TPSA) is 39.6 Å². The largest absolute Gasteiger partial charge is 0.396 e. The number of likely N-dealkylation sites (N-methyl/N-ethyl adjacent to an activating group) is 1. The fourth-order valence-electron chi connectivity index (χ4n) is 2.96. The van der Waals surface area contributed by atoms with E-state index in [1.807, 2.05) is 18.3 Å². The van der Waals surface area contributed by atoms with E-state index in [0.29, 0.717) is 12.0 Å². The number of hydrogen-bond acceptors (Lipinski definition) is 4. The summed E-state index contributed by atoms with van der Waals surface area (Å²) in [6, 6.07) is 6.52. The summed E-state index contributed by atoms with van der Waals surface area (Å²) >= 11 is 0. The Kier molecular flexibility index (Phi) is 5.31. The van der Waals surface area contributed by atoms with Crippen LogP contribution in [0.1, 0.15) is 19.0 Å². The van der Waals surface area contributed by atoms with Gasteiger partial charge in [0.25, 0.3) is 0 Å². The van der Waals surface area contributed by atoms with Crippen molar-refractivity contribution in [3.8, 4) is 0 Å². The molecule has 1 N–H and O–H groups in total. The van der Waals surface area contributed by atoms with Crippen molar-refractivity contribution in [3.05, 3.63) is 30.1 Å². The van der Waals surface area contributed by atoms with Crippen LogP contribution in [0.15, 0.2) is 24.4 Å². The molecule has 2 rings (SSSR count). The first-order valence-corrected chi connectivity index (χ1v) is 7.12. The molecule has 0 bridgehead atoms. The van der Waals surface area contributed by atoms with Crippen molar-refractivity contribution in [1.82, 2.24) is 14.8 Å². The minimum atomic E-state index is 0.265. The molecule has 1 aliphatic rings. The molecule has 1 aromatic heterocycles. The van der Waals surface area contributed by atoms with Gasteiger partial charge >= 0.3 is 0 Å². The zero-order chi connectivity index (χ0) is 13.7. The van der Waals surface area contributed by atoms with Gasteiger partial charge in [-0.3, -0.25) is 9.88 Å². The van der Waals surface area contributed by atoms with Crippen LogP contribution in [-0.4, -0.2) is 59.2 Å². The summed E-state index contributed by atoms with van der Waals surface area (Å²) in [5, 5.41) is 9.21. The Morgan fingerprint density at radius 3 is 2.84 bits per heavy atom. The second kappa shape index (κ2) is 6.98. The van der Waals surface area contributed by atoms with E-state index in [2.05, 4.69) is 34.8 Å². The third-order valence-electron chi connectivity index (χ3n) is 3.84. The molecule has 1 fully saturated rings. The molecule has 1 aliphatic heterocycles. The van der Waals surface area contributed by atoms with Crippen molar-refractivity contribution < 1.29 is 5.11 Å². The van der Waals surface area contributed by atoms with Crippen LogP contribution in [0.3, 0.4) is 0 Å². The summed E-state index contributed by atoms with van der Waals surface area (Å²) in [5.41, 5.74) is 1.13. The standard InChI is InChI=1S/C15H25N3O/c1-13-9-17(2)15(6-8-19)12-18(10-13)11-14-5-3-4-7-16-14/h3-5,7,13,15,19H,6,8-12H2,1-2H3. The average Bonchev–Trinajstić information content (AvgIpc) is 2.50. The van der Waals surface area contributed by atoms with Crippen LogP contribution in [0, 0.1) is 5.92 Å². The highest BCUT2D eigenvalue weighted by molar-refractivity contribution is 5.03. The van der Waals surface area contributed by atoms with Gasteiger partial charge in [0.15, 0.2) is 0 Å². The van der Waals surface area contributed by atoms with E-state index in [1.165, 1.54) is 0 Å². The third-order valence-corrected chi connectivity index (χ3v) is 3.84. The lowest BCUT2D eigenvalue weighted by Gasteiger charge is -2.28. The highest BCUT2D eigenvalue weighted by atomic mass is 16.3. The van der Waals surface area contributed by atoms with Gasteiger partial charge in [-0.1, -0.05) is 13.0 Å². The van der Waals surface area contributed by atoms with Crippen molar-refractivity contribution in [2.24, 2.45) is 5.92 Å². The molecule has 0 aromatic carbocycles. The summed E-state index contributed by atoms with van der Waals surface area (Å²) in [6.07, 6.45) is 2.70. The number of hydrogen-bond donors (Lipinski definition) is 1. The summed E-state index contributed by atoms with van der Waals surface area (Å²) in [6.45, 7) is 6.68. The smallest absolute Gasteiger partial charge is 0.0543 e. The molecule has 0 amide bonds. The Hall–Kier alpha value is -0.970. The lowest BCUT2D eigenvalue weighted by molar-refractivity contribution is 0.162. The van der Waals surface area contributed by atoms with Crippen molar-refractivity contribution in [2.45, 2.75) is 25.9 Å². The van der Waals surface area contributed by atoms with E-state index < -0.39 is 0 Å². The number of aliphatic hydroxyl groups excluding tert-OH is 1. The third kappa shape index (κ3) is 4.27. The zero-order valence-electron chi connectivity index (χ0n) is 12.0. The SMILES string of the molecule is CC1CN(Cc2ccccn2)CC(CCO)N(C)C1. The van der Waals surface area contributed by atoms with E-state index >= 15 is 0 Å². The maximum atomic E-state index is 9.21. The molecular weight excluding hydrogens is 238 g/mol. The van der Waals surface area contributed by atoms with Crippen molar-refractivity contribution in [2.75, 3.05) is 33.3 Å². The lowest BCUT2D eigenvalue weighted by atomic mass is 10.1. The molecule has 19 heavy (non-hydrogen) atoms. The first kappa shape index (κ1) is 14.4. The van der Waals surface area contributed by atoms with Crippen molar-refractivity contribution >= 4 is 0 Å². The van der Waals surface area contributed by atoms with Gasteiger partial charge in [0.05, 0.1) is 5.69 Å². The van der Waals surface area contributed by atoms with E-state index in [-0.39, 0.29) is 6.61 Å². The molecule has 2 heterocycles. The van der Waals surface area contributed by atoms with E-state index in [4.69, 9.17) is 0 Å². The van der Waals surface area contributed by atoms with Gasteiger partial charge in [-0.25, -0.2) is 0 Å². The van der Waals surface area contributed by atoms with E-state index in [0.717, 1.165) is 38.3 Å². The normalized spacial score (nSPS) is 26.3. The molecule has 4 heteroatoms. The predicted molar refractivity (Wildman–Crippen MR) is 76.8 cm³/mol. The lowest BCUT2D eigenvalue weighted by Crippen LogP contribution is -2.39. The second-order valence-corrected chi connectivity index (χ2v) is 5.73. The highest BCUT2D eigenvalue weighted by Gasteiger charge is 2.25. The van der Waals surface area contributed by atoms with Crippen LogP contribution in [0.4, 0.5) is 0 Å². The van der Waals surface area contributed by atoms with Crippen LogP contribution in [0.2, 0.25) is 0 Å². The molecule has 0 aliphatic carbocycles. The minimum Gasteiger partial charge on any atom is -0.396 e. The molecule has 2 unspecified atom stereocenters. The summed E-state index contributed by atoms with van der Waals surface area (Å²) in [7, 11) is 2.17. The van der Waals surface area contributed by atoms with Crippen molar-refractivity contribution in [1.29, 1.82) is 0 Å². The Morgan fingerprint density at radius 1 is 1.32 bits per heavy atom. The van der Waals surface area contributed by atoms with Gasteiger partial charge in [0.1, 0.15) is 0 Å². The van der Waals surface area contributed by atoms with Crippen LogP contribution < -0.4 is 0 Å². The second-order valence-electron chi connectivity index (χ2n) is 5.73. The summed E-state index contributed by atoms with van der Waals surface area (Å²) < 4.78 is 0. The van der Waals surface area contributed by atoms with Gasteiger partial charge in [-0.2, -0.15) is 0 Å². The number of aromatic nitrogens is 1. The molecule has 0 radical (unpaired) electrons. The van der Waals surface area contributed by atoms with Crippen LogP contribution in [0.25, 0.3) is 0 Å². The first-order valence-electron chi connectivity index (χ1n) is 7.12. The molecule has 2 atom stereocenters. The molecular formula is C15H25N3O. The Balaban J connectivity index is 2.02. The number of pyridine rings is 1. The van der Waals surface area contributed by atoms with Gasteiger partial charge < -0.3 is 10.0 Å². The number of rotatable bonds is 4. The van der Waals surface area contributed by atoms with E-state index in [1.54, 1.807) is 0 Å². The predicted octanol–water partition coefficient (Wildman–Crippen LogP) is 1.22. The maximum absolute atomic E-state index is 9.21. The number of nitrogens with zero attached hydrogens (tertiary/aromatic N) is 3. The molecule has 1 aromatic rings. The van der Waals surface area contributed by atoms with Crippen LogP contribution >= 0.6 is 0 Å². The Morgan fingerprint density at radius 2 is 2.16 bits per heavy atom. The quantitative estimate of drug-likeness (QED) is 0.886. The molecule has 106 valence electrons. The zero-order valence-corrected chi connectivity index (χ0v) is 12.0. The molecule has 0 spiro atoms.